The Labute approximate surface area is 195 Å². The van der Waals surface area contributed by atoms with E-state index in [1.807, 2.05) is 6.92 Å². The summed E-state index contributed by atoms with van der Waals surface area (Å²) in [5.41, 5.74) is -2.25. The Hall–Kier alpha value is -3.40. The minimum atomic E-state index is -2.80. The monoisotopic (exact) mass is 467 g/mol. The number of amides is 1. The maximum absolute atomic E-state index is 13.4. The first-order valence-corrected chi connectivity index (χ1v) is 11.0. The molecule has 178 valence electrons. The summed E-state index contributed by atoms with van der Waals surface area (Å²) in [7, 11) is 2.92. The van der Waals surface area contributed by atoms with Gasteiger partial charge in [-0.3, -0.25) is 9.59 Å². The van der Waals surface area contributed by atoms with Crippen LogP contribution in [-0.2, 0) is 25.9 Å². The van der Waals surface area contributed by atoms with Gasteiger partial charge in [-0.15, -0.1) is 0 Å². The maximum Gasteiger partial charge on any atom is 0.296 e. The Balaban J connectivity index is 1.84. The summed E-state index contributed by atoms with van der Waals surface area (Å²) in [6.45, 7) is 1.92. The number of carbonyl (C=O) groups excluding carboxylic acids is 2. The number of unbranched alkanes of at least 4 members (excludes halogenated alkanes) is 1. The number of methoxy groups -OCH3 is 2. The summed E-state index contributed by atoms with van der Waals surface area (Å²) in [6, 6.07) is 10.8. The molecule has 2 aliphatic heterocycles. The number of carbonyl (C=O) groups is 2. The quantitative estimate of drug-likeness (QED) is 0.430. The van der Waals surface area contributed by atoms with Crippen molar-refractivity contribution in [3.05, 3.63) is 64.7 Å². The molecule has 1 amide bonds. The molecule has 1 saturated heterocycles. The van der Waals surface area contributed by atoms with Crippen LogP contribution in [0.4, 0.5) is 0 Å². The lowest BCUT2D eigenvalue weighted by Gasteiger charge is -2.45. The maximum atomic E-state index is 13.4. The second-order valence-corrected chi connectivity index (χ2v) is 8.59. The zero-order valence-electron chi connectivity index (χ0n) is 19.0. The highest BCUT2D eigenvalue weighted by atomic mass is 16.6. The lowest BCUT2D eigenvalue weighted by Crippen LogP contribution is -2.66. The van der Waals surface area contributed by atoms with E-state index in [9.17, 15) is 24.9 Å². The molecular weight excluding hydrogens is 442 g/mol. The lowest BCUT2D eigenvalue weighted by atomic mass is 9.78. The molecular formula is C25H25NO8. The number of ketones is 1. The summed E-state index contributed by atoms with van der Waals surface area (Å²) in [5, 5.41) is 35.2. The van der Waals surface area contributed by atoms with Crippen LogP contribution in [0.5, 0.6) is 11.5 Å². The van der Waals surface area contributed by atoms with Gasteiger partial charge in [0.15, 0.2) is 11.5 Å². The Kier molecular flexibility index (Phi) is 4.81. The van der Waals surface area contributed by atoms with E-state index >= 15 is 0 Å². The van der Waals surface area contributed by atoms with Gasteiger partial charge in [0.05, 0.1) is 19.8 Å². The molecule has 2 heterocycles. The molecule has 1 spiro atoms. The molecule has 9 heteroatoms. The molecule has 1 fully saturated rings. The van der Waals surface area contributed by atoms with Crippen molar-refractivity contribution < 1.29 is 39.1 Å². The fraction of sp³-hybridized carbons (Fsp3) is 0.360. The van der Waals surface area contributed by atoms with Crippen LogP contribution in [0.1, 0.15) is 36.5 Å². The third kappa shape index (κ3) is 2.38. The van der Waals surface area contributed by atoms with E-state index in [0.717, 1.165) is 4.90 Å². The molecule has 0 aromatic heterocycles. The second kappa shape index (κ2) is 7.30. The molecule has 1 aliphatic carbocycles. The topological polar surface area (TPSA) is 126 Å². The smallest absolute Gasteiger partial charge is 0.296 e. The number of likely N-dealkylation sites (tertiary alicyclic amines) is 1. The van der Waals surface area contributed by atoms with Crippen molar-refractivity contribution in [1.82, 2.24) is 4.90 Å². The Morgan fingerprint density at radius 2 is 1.65 bits per heavy atom. The number of fused-ring (bicyclic) bond motifs is 2. The van der Waals surface area contributed by atoms with Crippen LogP contribution in [0, 0.1) is 0 Å². The summed E-state index contributed by atoms with van der Waals surface area (Å²) < 4.78 is 16.7. The van der Waals surface area contributed by atoms with Crippen LogP contribution < -0.4 is 9.47 Å². The molecule has 0 saturated carbocycles. The number of benzene rings is 2. The number of rotatable bonds is 6. The first-order chi connectivity index (χ1) is 16.2. The molecule has 2 atom stereocenters. The van der Waals surface area contributed by atoms with Gasteiger partial charge >= 0.3 is 0 Å². The number of ether oxygens (including phenoxy) is 3. The Morgan fingerprint density at radius 1 is 0.971 bits per heavy atom. The van der Waals surface area contributed by atoms with E-state index < -0.39 is 28.8 Å². The lowest BCUT2D eigenvalue weighted by molar-refractivity contribution is -0.312. The van der Waals surface area contributed by atoms with Gasteiger partial charge in [0.25, 0.3) is 17.5 Å². The predicted octanol–water partition coefficient (Wildman–Crippen LogP) is 1.39. The van der Waals surface area contributed by atoms with E-state index in [4.69, 9.17) is 14.2 Å². The van der Waals surface area contributed by atoms with E-state index in [1.165, 1.54) is 32.4 Å². The molecule has 3 N–H and O–H groups in total. The zero-order chi connectivity index (χ0) is 24.5. The van der Waals surface area contributed by atoms with Crippen LogP contribution in [0.3, 0.4) is 0 Å². The molecule has 0 bridgehead atoms. The molecule has 9 nitrogen and oxygen atoms in total. The van der Waals surface area contributed by atoms with Gasteiger partial charge in [-0.25, -0.2) is 0 Å². The van der Waals surface area contributed by atoms with Crippen molar-refractivity contribution in [2.45, 2.75) is 36.9 Å². The van der Waals surface area contributed by atoms with Crippen LogP contribution >= 0.6 is 0 Å². The molecule has 2 aromatic rings. The van der Waals surface area contributed by atoms with Crippen molar-refractivity contribution in [3.63, 3.8) is 0 Å². The van der Waals surface area contributed by atoms with Crippen molar-refractivity contribution in [3.8, 4) is 11.5 Å². The van der Waals surface area contributed by atoms with Gasteiger partial charge < -0.3 is 34.4 Å². The van der Waals surface area contributed by atoms with Crippen LogP contribution in [0.25, 0.3) is 5.76 Å². The van der Waals surface area contributed by atoms with Crippen LogP contribution in [-0.4, -0.2) is 58.2 Å². The van der Waals surface area contributed by atoms with Crippen molar-refractivity contribution in [2.75, 3.05) is 20.8 Å². The fourth-order valence-corrected chi connectivity index (χ4v) is 5.47. The van der Waals surface area contributed by atoms with Crippen molar-refractivity contribution in [1.29, 1.82) is 0 Å². The standard InChI is InChI=1S/C25H25NO8/c1-4-5-12-26-22(28)20(27)19-21(14-10-11-17(32-2)18(13-14)33-3)34-25(31)16-9-7-6-8-15(16)24(29,30)23(19,25)26/h6-11,13,29-31H,4-5,12H2,1-3H3/t23-,25+/m0/s1. The summed E-state index contributed by atoms with van der Waals surface area (Å²) in [4.78, 5) is 27.7. The zero-order valence-corrected chi connectivity index (χ0v) is 19.0. The summed E-state index contributed by atoms with van der Waals surface area (Å²) >= 11 is 0. The fourth-order valence-electron chi connectivity index (χ4n) is 5.47. The van der Waals surface area contributed by atoms with Crippen molar-refractivity contribution >= 4 is 17.4 Å². The summed E-state index contributed by atoms with van der Waals surface area (Å²) in [5.74, 6) is -6.48. The highest BCUT2D eigenvalue weighted by molar-refractivity contribution is 6.48. The highest BCUT2D eigenvalue weighted by Crippen LogP contribution is 2.67. The van der Waals surface area contributed by atoms with Crippen LogP contribution in [0.15, 0.2) is 48.0 Å². The first-order valence-electron chi connectivity index (χ1n) is 11.0. The molecule has 0 unspecified atom stereocenters. The second-order valence-electron chi connectivity index (χ2n) is 8.59. The van der Waals surface area contributed by atoms with Gasteiger partial charge in [0.2, 0.25) is 11.3 Å². The Morgan fingerprint density at radius 3 is 2.29 bits per heavy atom. The Bertz CT molecular complexity index is 1250. The highest BCUT2D eigenvalue weighted by Gasteiger charge is 2.85. The van der Waals surface area contributed by atoms with E-state index in [2.05, 4.69) is 0 Å². The minimum Gasteiger partial charge on any atom is -0.493 e. The molecule has 3 aliphatic rings. The normalized spacial score (nSPS) is 26.4. The minimum absolute atomic E-state index is 0.0202. The number of Topliss-reactive ketones (excluding diaryl/α,β-unsaturated/α-hetero) is 1. The number of hydrogen-bond acceptors (Lipinski definition) is 8. The average molecular weight is 467 g/mol. The third-order valence-corrected chi connectivity index (χ3v) is 6.95. The van der Waals surface area contributed by atoms with Crippen LogP contribution in [0.2, 0.25) is 0 Å². The van der Waals surface area contributed by atoms with Crippen molar-refractivity contribution in [2.24, 2.45) is 0 Å². The number of hydrogen-bond donors (Lipinski definition) is 3. The first kappa shape index (κ1) is 22.4. The third-order valence-electron chi connectivity index (χ3n) is 6.95. The predicted molar refractivity (Wildman–Crippen MR) is 118 cm³/mol. The number of aliphatic hydroxyl groups is 3. The summed E-state index contributed by atoms with van der Waals surface area (Å²) in [6.07, 6.45) is 1.15. The average Bonchev–Trinajstić information content (AvgIpc) is 3.31. The number of nitrogens with zero attached hydrogens (tertiary/aromatic N) is 1. The van der Waals surface area contributed by atoms with E-state index in [0.29, 0.717) is 29.9 Å². The van der Waals surface area contributed by atoms with Gasteiger partial charge in [-0.1, -0.05) is 37.6 Å². The molecule has 5 rings (SSSR count). The molecule has 34 heavy (non-hydrogen) atoms. The van der Waals surface area contributed by atoms with Gasteiger partial charge in [0.1, 0.15) is 5.76 Å². The van der Waals surface area contributed by atoms with E-state index in [1.54, 1.807) is 24.3 Å². The molecule has 0 radical (unpaired) electrons. The SMILES string of the molecule is CCCCN1C(=O)C(=O)C2=C(c3ccc(OC)c(OC)c3)O[C@]3(O)c4ccccc4C(O)(O)[C@]213. The van der Waals surface area contributed by atoms with Gasteiger partial charge in [0, 0.05) is 23.2 Å². The van der Waals surface area contributed by atoms with Gasteiger partial charge in [-0.05, 0) is 24.6 Å². The largest absolute Gasteiger partial charge is 0.493 e. The van der Waals surface area contributed by atoms with E-state index in [-0.39, 0.29) is 29.0 Å². The molecule has 2 aromatic carbocycles. The van der Waals surface area contributed by atoms with Gasteiger partial charge in [-0.2, -0.15) is 0 Å².